The van der Waals surface area contributed by atoms with Crippen molar-refractivity contribution >= 4 is 33.6 Å². The summed E-state index contributed by atoms with van der Waals surface area (Å²) in [7, 11) is 0. The lowest BCUT2D eigenvalue weighted by Crippen LogP contribution is -2.02. The van der Waals surface area contributed by atoms with E-state index in [0.717, 1.165) is 42.0 Å². The summed E-state index contributed by atoms with van der Waals surface area (Å²) in [5, 5.41) is 13.4. The highest BCUT2D eigenvalue weighted by Crippen LogP contribution is 2.29. The second-order valence-corrected chi connectivity index (χ2v) is 7.79. The Bertz CT molecular complexity index is 920. The first kappa shape index (κ1) is 22.0. The summed E-state index contributed by atoms with van der Waals surface area (Å²) in [4.78, 5) is 12.2. The SMILES string of the molecule is O=C(/C=C/c1c2ccccc2cc2ccccc12)OCCCCCCCCCCO. The van der Waals surface area contributed by atoms with Crippen LogP contribution in [0.5, 0.6) is 0 Å². The van der Waals surface area contributed by atoms with Gasteiger partial charge in [0, 0.05) is 12.7 Å². The average Bonchev–Trinajstić information content (AvgIpc) is 2.78. The fraction of sp³-hybridized carbons (Fsp3) is 0.370. The van der Waals surface area contributed by atoms with E-state index in [9.17, 15) is 4.79 Å². The fourth-order valence-corrected chi connectivity index (χ4v) is 3.88. The van der Waals surface area contributed by atoms with Gasteiger partial charge < -0.3 is 9.84 Å². The molecule has 0 aliphatic heterocycles. The van der Waals surface area contributed by atoms with Crippen LogP contribution in [0.3, 0.4) is 0 Å². The maximum absolute atomic E-state index is 12.2. The van der Waals surface area contributed by atoms with Crippen LogP contribution in [0.4, 0.5) is 0 Å². The topological polar surface area (TPSA) is 46.5 Å². The maximum atomic E-state index is 12.2. The first-order chi connectivity index (χ1) is 14.8. The second kappa shape index (κ2) is 12.1. The third-order valence-corrected chi connectivity index (χ3v) is 5.50. The molecule has 3 nitrogen and oxygen atoms in total. The molecule has 0 aromatic heterocycles. The molecular weight excluding hydrogens is 372 g/mol. The van der Waals surface area contributed by atoms with Gasteiger partial charge >= 0.3 is 5.97 Å². The normalized spacial score (nSPS) is 11.5. The van der Waals surface area contributed by atoms with Crippen LogP contribution in [0.15, 0.2) is 60.7 Å². The number of esters is 1. The minimum atomic E-state index is -0.281. The quantitative estimate of drug-likeness (QED) is 0.159. The number of unbranched alkanes of at least 4 members (excludes halogenated alkanes) is 7. The number of aliphatic hydroxyl groups excluding tert-OH is 1. The Labute approximate surface area is 179 Å². The zero-order valence-corrected chi connectivity index (χ0v) is 17.7. The standard InChI is InChI=1S/C27H32O3/c28-19-11-5-3-1-2-4-6-12-20-30-27(29)18-17-26-24-15-9-7-13-22(24)21-23-14-8-10-16-25(23)26/h7-10,13-18,21,28H,1-6,11-12,19-20H2/b18-17+. The molecule has 0 aliphatic rings. The summed E-state index contributed by atoms with van der Waals surface area (Å²) >= 11 is 0. The number of carbonyl (C=O) groups excluding carboxylic acids is 1. The molecule has 0 atom stereocenters. The van der Waals surface area contributed by atoms with Gasteiger partial charge in [0.05, 0.1) is 6.61 Å². The van der Waals surface area contributed by atoms with Gasteiger partial charge in [0.1, 0.15) is 0 Å². The number of rotatable bonds is 12. The van der Waals surface area contributed by atoms with E-state index >= 15 is 0 Å². The van der Waals surface area contributed by atoms with Crippen molar-refractivity contribution in [2.24, 2.45) is 0 Å². The molecule has 0 spiro atoms. The molecule has 3 rings (SSSR count). The molecule has 0 amide bonds. The summed E-state index contributed by atoms with van der Waals surface area (Å²) < 4.78 is 5.39. The monoisotopic (exact) mass is 404 g/mol. The van der Waals surface area contributed by atoms with Crippen LogP contribution in [0.1, 0.15) is 56.9 Å². The Morgan fingerprint density at radius 3 is 1.90 bits per heavy atom. The smallest absolute Gasteiger partial charge is 0.330 e. The number of hydrogen-bond acceptors (Lipinski definition) is 3. The number of hydrogen-bond donors (Lipinski definition) is 1. The van der Waals surface area contributed by atoms with Crippen molar-refractivity contribution < 1.29 is 14.6 Å². The highest BCUT2D eigenvalue weighted by atomic mass is 16.5. The molecule has 3 aromatic carbocycles. The first-order valence-corrected chi connectivity index (χ1v) is 11.2. The lowest BCUT2D eigenvalue weighted by atomic mass is 9.96. The Kier molecular flexibility index (Phi) is 8.92. The molecule has 0 fully saturated rings. The minimum absolute atomic E-state index is 0.281. The van der Waals surface area contributed by atoms with Crippen LogP contribution < -0.4 is 0 Å². The van der Waals surface area contributed by atoms with Crippen LogP contribution in [-0.2, 0) is 9.53 Å². The van der Waals surface area contributed by atoms with Gasteiger partial charge in [-0.15, -0.1) is 0 Å². The third-order valence-electron chi connectivity index (χ3n) is 5.50. The third kappa shape index (κ3) is 6.43. The van der Waals surface area contributed by atoms with Gasteiger partial charge in [-0.05, 0) is 52.1 Å². The molecule has 1 N–H and O–H groups in total. The molecule has 30 heavy (non-hydrogen) atoms. The highest BCUT2D eigenvalue weighted by molar-refractivity contribution is 6.08. The average molecular weight is 405 g/mol. The first-order valence-electron chi connectivity index (χ1n) is 11.2. The van der Waals surface area contributed by atoms with Gasteiger partial charge in [-0.3, -0.25) is 0 Å². The highest BCUT2D eigenvalue weighted by Gasteiger charge is 2.06. The molecular formula is C27H32O3. The summed E-state index contributed by atoms with van der Waals surface area (Å²) in [6, 6.07) is 18.7. The zero-order valence-electron chi connectivity index (χ0n) is 17.7. The number of carbonyl (C=O) groups is 1. The Morgan fingerprint density at radius 2 is 1.30 bits per heavy atom. The molecule has 0 radical (unpaired) electrons. The van der Waals surface area contributed by atoms with Crippen molar-refractivity contribution in [3.05, 3.63) is 66.2 Å². The van der Waals surface area contributed by atoms with E-state index in [1.165, 1.54) is 36.5 Å². The molecule has 0 heterocycles. The lowest BCUT2D eigenvalue weighted by Gasteiger charge is -2.08. The van der Waals surface area contributed by atoms with Crippen molar-refractivity contribution in [1.82, 2.24) is 0 Å². The zero-order chi connectivity index (χ0) is 21.0. The fourth-order valence-electron chi connectivity index (χ4n) is 3.88. The van der Waals surface area contributed by atoms with Crippen LogP contribution in [-0.4, -0.2) is 24.3 Å². The summed E-state index contributed by atoms with van der Waals surface area (Å²) in [6.07, 6.45) is 12.3. The van der Waals surface area contributed by atoms with E-state index in [0.29, 0.717) is 13.2 Å². The number of benzene rings is 3. The largest absolute Gasteiger partial charge is 0.463 e. The van der Waals surface area contributed by atoms with E-state index in [-0.39, 0.29) is 5.97 Å². The number of ether oxygens (including phenoxy) is 1. The molecule has 0 saturated carbocycles. The van der Waals surface area contributed by atoms with E-state index in [1.54, 1.807) is 6.08 Å². The molecule has 0 unspecified atom stereocenters. The Morgan fingerprint density at radius 1 is 0.767 bits per heavy atom. The Balaban J connectivity index is 1.49. The van der Waals surface area contributed by atoms with Crippen molar-refractivity contribution in [3.63, 3.8) is 0 Å². The Hall–Kier alpha value is -2.65. The van der Waals surface area contributed by atoms with Crippen molar-refractivity contribution in [1.29, 1.82) is 0 Å². The van der Waals surface area contributed by atoms with Crippen molar-refractivity contribution in [2.45, 2.75) is 51.4 Å². The molecule has 0 aliphatic carbocycles. The van der Waals surface area contributed by atoms with Gasteiger partial charge in [0.2, 0.25) is 0 Å². The number of fused-ring (bicyclic) bond motifs is 2. The maximum Gasteiger partial charge on any atom is 0.330 e. The summed E-state index contributed by atoms with van der Waals surface area (Å²) in [5.41, 5.74) is 1.06. The van der Waals surface area contributed by atoms with Crippen molar-refractivity contribution in [3.8, 4) is 0 Å². The second-order valence-electron chi connectivity index (χ2n) is 7.79. The van der Waals surface area contributed by atoms with Gasteiger partial charge in [-0.25, -0.2) is 4.79 Å². The molecule has 0 bridgehead atoms. The van der Waals surface area contributed by atoms with E-state index in [4.69, 9.17) is 9.84 Å². The predicted octanol–water partition coefficient (Wildman–Crippen LogP) is 6.66. The van der Waals surface area contributed by atoms with Gasteiger partial charge in [-0.2, -0.15) is 0 Å². The predicted molar refractivity (Wildman–Crippen MR) is 125 cm³/mol. The van der Waals surface area contributed by atoms with Crippen molar-refractivity contribution in [2.75, 3.05) is 13.2 Å². The van der Waals surface area contributed by atoms with Crippen LogP contribution in [0.2, 0.25) is 0 Å². The van der Waals surface area contributed by atoms with Gasteiger partial charge in [0.25, 0.3) is 0 Å². The molecule has 3 heteroatoms. The van der Waals surface area contributed by atoms with Crippen LogP contribution >= 0.6 is 0 Å². The molecule has 3 aromatic rings. The number of aliphatic hydroxyl groups is 1. The van der Waals surface area contributed by atoms with Crippen LogP contribution in [0.25, 0.3) is 27.6 Å². The van der Waals surface area contributed by atoms with E-state index in [2.05, 4.69) is 30.3 Å². The van der Waals surface area contributed by atoms with Gasteiger partial charge in [-0.1, -0.05) is 87.1 Å². The van der Waals surface area contributed by atoms with E-state index < -0.39 is 0 Å². The van der Waals surface area contributed by atoms with E-state index in [1.807, 2.05) is 30.3 Å². The summed E-state index contributed by atoms with van der Waals surface area (Å²) in [5.74, 6) is -0.281. The lowest BCUT2D eigenvalue weighted by molar-refractivity contribution is -0.137. The van der Waals surface area contributed by atoms with Crippen LogP contribution in [0, 0.1) is 0 Å². The summed E-state index contributed by atoms with van der Waals surface area (Å²) in [6.45, 7) is 0.778. The molecule has 0 saturated heterocycles. The van der Waals surface area contributed by atoms with Gasteiger partial charge in [0.15, 0.2) is 0 Å². The molecule has 158 valence electrons. The minimum Gasteiger partial charge on any atom is -0.463 e.